The molecule has 0 N–H and O–H groups in total. The van der Waals surface area contributed by atoms with Gasteiger partial charge in [0.2, 0.25) is 5.91 Å². The second-order valence-corrected chi connectivity index (χ2v) is 6.91. The third kappa shape index (κ3) is 4.12. The summed E-state index contributed by atoms with van der Waals surface area (Å²) < 4.78 is 0. The number of carbonyl (C=O) groups excluding carboxylic acids is 1. The number of hydrogen-bond acceptors (Lipinski definition) is 3. The van der Waals surface area contributed by atoms with E-state index in [0.717, 1.165) is 22.9 Å². The van der Waals surface area contributed by atoms with Crippen LogP contribution in [0, 0.1) is 0 Å². The Labute approximate surface area is 144 Å². The van der Waals surface area contributed by atoms with E-state index in [1.54, 1.807) is 6.20 Å². The van der Waals surface area contributed by atoms with E-state index in [1.165, 1.54) is 25.9 Å². The van der Waals surface area contributed by atoms with Gasteiger partial charge in [-0.3, -0.25) is 9.78 Å². The molecule has 0 aliphatic carbocycles. The molecule has 3 rings (SSSR count). The predicted octanol–water partition coefficient (Wildman–Crippen LogP) is 3.46. The number of likely N-dealkylation sites (tertiary alicyclic amines) is 1. The summed E-state index contributed by atoms with van der Waals surface area (Å²) >= 11 is 0. The average Bonchev–Trinajstić information content (AvgIpc) is 3.14. The van der Waals surface area contributed by atoms with Crippen LogP contribution >= 0.6 is 0 Å². The van der Waals surface area contributed by atoms with Gasteiger partial charge in [0, 0.05) is 37.6 Å². The Bertz CT molecular complexity index is 694. The Morgan fingerprint density at radius 2 is 2.08 bits per heavy atom. The average molecular weight is 325 g/mol. The first-order valence-electron chi connectivity index (χ1n) is 8.95. The molecule has 0 bridgehead atoms. The van der Waals surface area contributed by atoms with Crippen LogP contribution in [-0.4, -0.2) is 46.9 Å². The number of fused-ring (bicyclic) bond motifs is 1. The van der Waals surface area contributed by atoms with E-state index < -0.39 is 0 Å². The first kappa shape index (κ1) is 16.9. The van der Waals surface area contributed by atoms with Gasteiger partial charge in [0.1, 0.15) is 0 Å². The minimum atomic E-state index is 0.229. The monoisotopic (exact) mass is 325 g/mol. The van der Waals surface area contributed by atoms with E-state index in [0.29, 0.717) is 19.0 Å². The molecule has 1 aromatic carbocycles. The smallest absolute Gasteiger partial charge is 0.222 e. The van der Waals surface area contributed by atoms with Gasteiger partial charge >= 0.3 is 0 Å². The summed E-state index contributed by atoms with van der Waals surface area (Å²) in [6.45, 7) is 5.28. The number of aromatic nitrogens is 1. The third-order valence-electron chi connectivity index (χ3n) is 5.05. The molecule has 2 heterocycles. The van der Waals surface area contributed by atoms with Gasteiger partial charge in [-0.2, -0.15) is 0 Å². The lowest BCUT2D eigenvalue weighted by Crippen LogP contribution is -2.32. The summed E-state index contributed by atoms with van der Waals surface area (Å²) in [6.07, 6.45) is 5.98. The minimum Gasteiger partial charge on any atom is -0.341 e. The summed E-state index contributed by atoms with van der Waals surface area (Å²) in [5.74, 6) is 0.229. The van der Waals surface area contributed by atoms with Crippen molar-refractivity contribution in [2.45, 2.75) is 45.2 Å². The largest absolute Gasteiger partial charge is 0.341 e. The first-order valence-corrected chi connectivity index (χ1v) is 8.95. The molecular weight excluding hydrogens is 298 g/mol. The van der Waals surface area contributed by atoms with Crippen molar-refractivity contribution in [3.63, 3.8) is 0 Å². The zero-order valence-corrected chi connectivity index (χ0v) is 14.7. The molecule has 1 aliphatic rings. The van der Waals surface area contributed by atoms with E-state index in [-0.39, 0.29) is 5.91 Å². The fourth-order valence-corrected chi connectivity index (χ4v) is 3.47. The van der Waals surface area contributed by atoms with E-state index in [1.807, 2.05) is 24.1 Å². The second kappa shape index (κ2) is 7.75. The number of amides is 1. The maximum absolute atomic E-state index is 12.4. The van der Waals surface area contributed by atoms with Crippen LogP contribution in [0.5, 0.6) is 0 Å². The number of hydrogen-bond donors (Lipinski definition) is 0. The zero-order valence-electron chi connectivity index (χ0n) is 14.7. The van der Waals surface area contributed by atoms with Crippen LogP contribution in [0.2, 0.25) is 0 Å². The number of nitrogens with zero attached hydrogens (tertiary/aromatic N) is 3. The summed E-state index contributed by atoms with van der Waals surface area (Å²) in [7, 11) is 1.90. The molecular formula is C20H27N3O. The molecule has 0 radical (unpaired) electrons. The molecule has 1 amide bonds. The molecule has 1 atom stereocenters. The summed E-state index contributed by atoms with van der Waals surface area (Å²) in [5.41, 5.74) is 2.15. The Balaban J connectivity index is 1.52. The van der Waals surface area contributed by atoms with Crippen LogP contribution in [0.1, 0.15) is 38.2 Å². The normalized spacial score (nSPS) is 16.4. The van der Waals surface area contributed by atoms with Crippen molar-refractivity contribution in [1.29, 1.82) is 0 Å². The van der Waals surface area contributed by atoms with Gasteiger partial charge < -0.3 is 9.80 Å². The number of benzene rings is 1. The van der Waals surface area contributed by atoms with Gasteiger partial charge in [-0.05, 0) is 63.0 Å². The minimum absolute atomic E-state index is 0.229. The van der Waals surface area contributed by atoms with Gasteiger partial charge in [0.25, 0.3) is 0 Å². The molecule has 1 unspecified atom stereocenters. The van der Waals surface area contributed by atoms with E-state index in [2.05, 4.69) is 35.0 Å². The summed E-state index contributed by atoms with van der Waals surface area (Å²) in [5, 5.41) is 1.12. The maximum atomic E-state index is 12.4. The lowest BCUT2D eigenvalue weighted by Gasteiger charge is -2.24. The lowest BCUT2D eigenvalue weighted by molar-refractivity contribution is -0.130. The molecule has 4 heteroatoms. The van der Waals surface area contributed by atoms with E-state index in [9.17, 15) is 4.79 Å². The van der Waals surface area contributed by atoms with Crippen molar-refractivity contribution >= 4 is 16.8 Å². The van der Waals surface area contributed by atoms with Crippen LogP contribution in [0.4, 0.5) is 0 Å². The van der Waals surface area contributed by atoms with Crippen molar-refractivity contribution in [3.8, 4) is 0 Å². The van der Waals surface area contributed by atoms with Gasteiger partial charge in [0.15, 0.2) is 0 Å². The summed E-state index contributed by atoms with van der Waals surface area (Å²) in [6, 6.07) is 10.7. The van der Waals surface area contributed by atoms with E-state index >= 15 is 0 Å². The Morgan fingerprint density at radius 3 is 2.88 bits per heavy atom. The van der Waals surface area contributed by atoms with Crippen LogP contribution in [-0.2, 0) is 11.3 Å². The molecule has 0 saturated carbocycles. The van der Waals surface area contributed by atoms with Crippen molar-refractivity contribution < 1.29 is 4.79 Å². The van der Waals surface area contributed by atoms with E-state index in [4.69, 9.17) is 0 Å². The topological polar surface area (TPSA) is 36.4 Å². The van der Waals surface area contributed by atoms with Gasteiger partial charge in [-0.1, -0.05) is 12.1 Å². The molecule has 1 saturated heterocycles. The fraction of sp³-hybridized carbons (Fsp3) is 0.500. The lowest BCUT2D eigenvalue weighted by atomic mass is 10.1. The molecule has 1 aromatic heterocycles. The van der Waals surface area contributed by atoms with Crippen molar-refractivity contribution in [2.75, 3.05) is 20.1 Å². The quantitative estimate of drug-likeness (QED) is 0.816. The molecule has 1 aliphatic heterocycles. The SMILES string of the molecule is CC(CCC(=O)N(C)Cc1ccc2ncccc2c1)N1CCCC1. The van der Waals surface area contributed by atoms with Gasteiger partial charge in [0.05, 0.1) is 5.52 Å². The maximum Gasteiger partial charge on any atom is 0.222 e. The highest BCUT2D eigenvalue weighted by atomic mass is 16.2. The van der Waals surface area contributed by atoms with Crippen molar-refractivity contribution in [2.24, 2.45) is 0 Å². The zero-order chi connectivity index (χ0) is 16.9. The predicted molar refractivity (Wildman–Crippen MR) is 97.7 cm³/mol. The molecule has 128 valence electrons. The summed E-state index contributed by atoms with van der Waals surface area (Å²) in [4.78, 5) is 21.1. The Hall–Kier alpha value is -1.94. The molecule has 1 fully saturated rings. The van der Waals surface area contributed by atoms with Crippen LogP contribution in [0.25, 0.3) is 10.9 Å². The number of carbonyl (C=O) groups is 1. The highest BCUT2D eigenvalue weighted by Crippen LogP contribution is 2.17. The number of rotatable bonds is 6. The fourth-order valence-electron chi connectivity index (χ4n) is 3.47. The highest BCUT2D eigenvalue weighted by Gasteiger charge is 2.19. The second-order valence-electron chi connectivity index (χ2n) is 6.91. The van der Waals surface area contributed by atoms with Crippen LogP contribution in [0.15, 0.2) is 36.5 Å². The molecule has 4 nitrogen and oxygen atoms in total. The van der Waals surface area contributed by atoms with Crippen molar-refractivity contribution in [1.82, 2.24) is 14.8 Å². The standard InChI is InChI=1S/C20H27N3O/c1-16(23-12-3-4-13-23)7-10-20(24)22(2)15-17-8-9-19-18(14-17)6-5-11-21-19/h5-6,8-9,11,14,16H,3-4,7,10,12-13,15H2,1-2H3. The van der Waals surface area contributed by atoms with Crippen LogP contribution in [0.3, 0.4) is 0 Å². The van der Waals surface area contributed by atoms with Crippen LogP contribution < -0.4 is 0 Å². The molecule has 0 spiro atoms. The number of pyridine rings is 1. The molecule has 2 aromatic rings. The van der Waals surface area contributed by atoms with Crippen molar-refractivity contribution in [3.05, 3.63) is 42.1 Å². The highest BCUT2D eigenvalue weighted by molar-refractivity contribution is 5.79. The third-order valence-corrected chi connectivity index (χ3v) is 5.05. The van der Waals surface area contributed by atoms with Gasteiger partial charge in [-0.15, -0.1) is 0 Å². The Kier molecular flexibility index (Phi) is 5.46. The van der Waals surface area contributed by atoms with Gasteiger partial charge in [-0.25, -0.2) is 0 Å². The first-order chi connectivity index (χ1) is 11.6. The molecule has 24 heavy (non-hydrogen) atoms. The Morgan fingerprint density at radius 1 is 1.29 bits per heavy atom.